The summed E-state index contributed by atoms with van der Waals surface area (Å²) < 4.78 is 3.62. The van der Waals surface area contributed by atoms with Gasteiger partial charge in [0.1, 0.15) is 0 Å². The zero-order chi connectivity index (χ0) is 19.1. The van der Waals surface area contributed by atoms with Gasteiger partial charge in [0.15, 0.2) is 11.5 Å². The normalized spacial score (nSPS) is 18.8. The van der Waals surface area contributed by atoms with Crippen LogP contribution in [0.1, 0.15) is 48.8 Å². The van der Waals surface area contributed by atoms with E-state index in [0.29, 0.717) is 11.8 Å². The highest BCUT2D eigenvalue weighted by Crippen LogP contribution is 2.38. The van der Waals surface area contributed by atoms with Gasteiger partial charge in [-0.05, 0) is 63.7 Å². The first-order chi connectivity index (χ1) is 13.7. The summed E-state index contributed by atoms with van der Waals surface area (Å²) in [5.41, 5.74) is 2.81. The summed E-state index contributed by atoms with van der Waals surface area (Å²) in [5.74, 6) is 1.92. The maximum atomic E-state index is 12.4. The SMILES string of the molecule is Cc1ccc2nnc(CN3CCC(Cn4cnc(C5CC5)cc4=O)CC3)n2n1. The Hall–Kier alpha value is -2.61. The zero-order valence-electron chi connectivity index (χ0n) is 16.2. The Morgan fingerprint density at radius 2 is 1.93 bits per heavy atom. The molecule has 2 aliphatic rings. The molecule has 146 valence electrons. The number of piperidine rings is 1. The molecular formula is C20H25N7O. The molecule has 1 saturated carbocycles. The Kier molecular flexibility index (Phi) is 4.43. The average Bonchev–Trinajstić information content (AvgIpc) is 3.48. The Balaban J connectivity index is 1.19. The highest BCUT2D eigenvalue weighted by molar-refractivity contribution is 5.35. The molecule has 3 aromatic heterocycles. The van der Waals surface area contributed by atoms with Gasteiger partial charge in [-0.15, -0.1) is 10.2 Å². The third-order valence-corrected chi connectivity index (χ3v) is 5.88. The van der Waals surface area contributed by atoms with Gasteiger partial charge in [-0.3, -0.25) is 14.3 Å². The Morgan fingerprint density at radius 1 is 1.11 bits per heavy atom. The molecule has 8 heteroatoms. The molecule has 4 heterocycles. The van der Waals surface area contributed by atoms with E-state index in [1.54, 1.807) is 17.0 Å². The van der Waals surface area contributed by atoms with E-state index in [1.807, 2.05) is 23.6 Å². The monoisotopic (exact) mass is 379 g/mol. The fraction of sp³-hybridized carbons (Fsp3) is 0.550. The van der Waals surface area contributed by atoms with E-state index in [2.05, 4.69) is 25.2 Å². The quantitative estimate of drug-likeness (QED) is 0.672. The van der Waals surface area contributed by atoms with Crippen LogP contribution in [-0.4, -0.2) is 47.4 Å². The van der Waals surface area contributed by atoms with Crippen LogP contribution in [-0.2, 0) is 13.1 Å². The summed E-state index contributed by atoms with van der Waals surface area (Å²) in [6.07, 6.45) is 6.23. The summed E-state index contributed by atoms with van der Waals surface area (Å²) >= 11 is 0. The molecule has 0 aromatic carbocycles. The molecule has 0 radical (unpaired) electrons. The van der Waals surface area contributed by atoms with E-state index in [1.165, 1.54) is 12.8 Å². The third kappa shape index (κ3) is 3.56. The summed E-state index contributed by atoms with van der Waals surface area (Å²) in [7, 11) is 0. The number of likely N-dealkylation sites (tertiary alicyclic amines) is 1. The minimum absolute atomic E-state index is 0.0932. The van der Waals surface area contributed by atoms with Crippen LogP contribution in [0.3, 0.4) is 0 Å². The largest absolute Gasteiger partial charge is 0.299 e. The molecule has 3 aromatic rings. The van der Waals surface area contributed by atoms with Gasteiger partial charge in [-0.1, -0.05) is 0 Å². The Bertz CT molecular complexity index is 1040. The molecule has 8 nitrogen and oxygen atoms in total. The van der Waals surface area contributed by atoms with Crippen LogP contribution in [0.15, 0.2) is 29.3 Å². The molecular weight excluding hydrogens is 354 g/mol. The van der Waals surface area contributed by atoms with Gasteiger partial charge in [0.25, 0.3) is 5.56 Å². The fourth-order valence-electron chi connectivity index (χ4n) is 4.01. The second kappa shape index (κ2) is 7.09. The molecule has 1 aliphatic carbocycles. The molecule has 0 bridgehead atoms. The van der Waals surface area contributed by atoms with Crippen molar-refractivity contribution in [2.45, 2.75) is 51.6 Å². The molecule has 1 saturated heterocycles. The predicted molar refractivity (Wildman–Crippen MR) is 104 cm³/mol. The number of hydrogen-bond donors (Lipinski definition) is 0. The minimum atomic E-state index is 0.0932. The first-order valence-electron chi connectivity index (χ1n) is 10.1. The highest BCUT2D eigenvalue weighted by atomic mass is 16.1. The van der Waals surface area contributed by atoms with Gasteiger partial charge in [0, 0.05) is 18.5 Å². The fourth-order valence-corrected chi connectivity index (χ4v) is 4.01. The smallest absolute Gasteiger partial charge is 0.253 e. The number of aryl methyl sites for hydroxylation is 1. The van der Waals surface area contributed by atoms with Gasteiger partial charge in [-0.2, -0.15) is 9.61 Å². The van der Waals surface area contributed by atoms with Gasteiger partial charge in [0.05, 0.1) is 24.3 Å². The van der Waals surface area contributed by atoms with Crippen LogP contribution in [0.4, 0.5) is 0 Å². The van der Waals surface area contributed by atoms with E-state index in [-0.39, 0.29) is 5.56 Å². The lowest BCUT2D eigenvalue weighted by molar-refractivity contribution is 0.162. The first kappa shape index (κ1) is 17.5. The number of fused-ring (bicyclic) bond motifs is 1. The number of nitrogens with zero attached hydrogens (tertiary/aromatic N) is 7. The molecule has 1 aliphatic heterocycles. The second-order valence-corrected chi connectivity index (χ2v) is 8.16. The van der Waals surface area contributed by atoms with Crippen molar-refractivity contribution in [3.63, 3.8) is 0 Å². The molecule has 28 heavy (non-hydrogen) atoms. The first-order valence-corrected chi connectivity index (χ1v) is 10.1. The lowest BCUT2D eigenvalue weighted by Gasteiger charge is -2.31. The summed E-state index contributed by atoms with van der Waals surface area (Å²) in [6.45, 7) is 5.48. The van der Waals surface area contributed by atoms with E-state index in [9.17, 15) is 4.79 Å². The van der Waals surface area contributed by atoms with Gasteiger partial charge < -0.3 is 0 Å². The second-order valence-electron chi connectivity index (χ2n) is 8.16. The standard InChI is InChI=1S/C20H25N7O/c1-14-2-5-18-22-23-19(27(18)24-14)12-25-8-6-15(7-9-25)11-26-13-21-17(10-20(26)28)16-3-4-16/h2,5,10,13,15-16H,3-4,6-9,11-12H2,1H3. The molecule has 2 fully saturated rings. The number of hydrogen-bond acceptors (Lipinski definition) is 6. The van der Waals surface area contributed by atoms with Crippen molar-refractivity contribution in [2.24, 2.45) is 5.92 Å². The van der Waals surface area contributed by atoms with Gasteiger partial charge in [0.2, 0.25) is 0 Å². The molecule has 0 N–H and O–H groups in total. The van der Waals surface area contributed by atoms with Crippen molar-refractivity contribution in [3.05, 3.63) is 52.1 Å². The van der Waals surface area contributed by atoms with Crippen LogP contribution in [0.5, 0.6) is 0 Å². The Labute approximate surface area is 163 Å². The summed E-state index contributed by atoms with van der Waals surface area (Å²) in [4.78, 5) is 19.3. The molecule has 0 amide bonds. The third-order valence-electron chi connectivity index (χ3n) is 5.88. The van der Waals surface area contributed by atoms with E-state index in [4.69, 9.17) is 0 Å². The van der Waals surface area contributed by atoms with Crippen molar-refractivity contribution < 1.29 is 0 Å². The topological polar surface area (TPSA) is 81.2 Å². The van der Waals surface area contributed by atoms with Gasteiger partial charge >= 0.3 is 0 Å². The van der Waals surface area contributed by atoms with E-state index in [0.717, 1.165) is 61.9 Å². The molecule has 0 atom stereocenters. The van der Waals surface area contributed by atoms with Crippen molar-refractivity contribution in [2.75, 3.05) is 13.1 Å². The van der Waals surface area contributed by atoms with Crippen LogP contribution >= 0.6 is 0 Å². The van der Waals surface area contributed by atoms with Crippen molar-refractivity contribution in [1.29, 1.82) is 0 Å². The van der Waals surface area contributed by atoms with Crippen molar-refractivity contribution in [1.82, 2.24) is 34.3 Å². The van der Waals surface area contributed by atoms with Crippen LogP contribution < -0.4 is 5.56 Å². The number of rotatable bonds is 5. The van der Waals surface area contributed by atoms with E-state index >= 15 is 0 Å². The van der Waals surface area contributed by atoms with E-state index < -0.39 is 0 Å². The lowest BCUT2D eigenvalue weighted by atomic mass is 9.96. The maximum absolute atomic E-state index is 12.4. The van der Waals surface area contributed by atoms with Crippen LogP contribution in [0.25, 0.3) is 5.65 Å². The van der Waals surface area contributed by atoms with Crippen molar-refractivity contribution >= 4 is 5.65 Å². The minimum Gasteiger partial charge on any atom is -0.299 e. The predicted octanol–water partition coefficient (Wildman–Crippen LogP) is 1.78. The average molecular weight is 379 g/mol. The maximum Gasteiger partial charge on any atom is 0.253 e. The summed E-state index contributed by atoms with van der Waals surface area (Å²) in [5, 5.41) is 13.0. The molecule has 0 unspecified atom stereocenters. The zero-order valence-corrected chi connectivity index (χ0v) is 16.2. The van der Waals surface area contributed by atoms with Crippen LogP contribution in [0, 0.1) is 12.8 Å². The molecule has 5 rings (SSSR count). The number of aromatic nitrogens is 6. The summed E-state index contributed by atoms with van der Waals surface area (Å²) in [6, 6.07) is 5.64. The van der Waals surface area contributed by atoms with Gasteiger partial charge in [-0.25, -0.2) is 4.98 Å². The highest BCUT2D eigenvalue weighted by Gasteiger charge is 2.26. The Morgan fingerprint density at radius 3 is 2.68 bits per heavy atom. The molecule has 0 spiro atoms. The van der Waals surface area contributed by atoms with Crippen LogP contribution in [0.2, 0.25) is 0 Å². The van der Waals surface area contributed by atoms with Crippen molar-refractivity contribution in [3.8, 4) is 0 Å². The lowest BCUT2D eigenvalue weighted by Crippen LogP contribution is -2.36.